The molecule has 10 heteroatoms. The lowest BCUT2D eigenvalue weighted by molar-refractivity contribution is -0.213. The number of carboxylic acid groups (broad SMARTS) is 1. The first kappa shape index (κ1) is 22.8. The van der Waals surface area contributed by atoms with Gasteiger partial charge in [-0.25, -0.2) is 15.0 Å². The Morgan fingerprint density at radius 2 is 1.73 bits per heavy atom. The summed E-state index contributed by atoms with van der Waals surface area (Å²) in [6.07, 6.45) is 0.585. The Hall–Kier alpha value is -3.43. The number of imidazole rings is 1. The zero-order valence-corrected chi connectivity index (χ0v) is 18.1. The van der Waals surface area contributed by atoms with Gasteiger partial charge in [0.15, 0.2) is 0 Å². The van der Waals surface area contributed by atoms with E-state index in [2.05, 4.69) is 19.9 Å². The number of ether oxygens (including phenoxy) is 1. The average molecular weight is 460 g/mol. The van der Waals surface area contributed by atoms with Gasteiger partial charge in [-0.1, -0.05) is 30.7 Å². The van der Waals surface area contributed by atoms with Crippen molar-refractivity contribution in [2.24, 2.45) is 5.41 Å². The van der Waals surface area contributed by atoms with Crippen molar-refractivity contribution in [2.75, 3.05) is 6.61 Å². The second-order valence-electron chi connectivity index (χ2n) is 8.87. The van der Waals surface area contributed by atoms with Crippen LogP contribution in [0.2, 0.25) is 0 Å². The van der Waals surface area contributed by atoms with E-state index in [0.717, 1.165) is 5.56 Å². The van der Waals surface area contributed by atoms with Gasteiger partial charge in [0.25, 0.3) is 0 Å². The molecule has 2 N–H and O–H groups in total. The van der Waals surface area contributed by atoms with E-state index < -0.39 is 23.0 Å². The monoisotopic (exact) mass is 460 g/mol. The highest BCUT2D eigenvalue weighted by atomic mass is 19.4. The Labute approximate surface area is 188 Å². The molecule has 4 rings (SSSR count). The smallest absolute Gasteiger partial charge is 0.399 e. The molecule has 0 saturated heterocycles. The lowest BCUT2D eigenvalue weighted by atomic mass is 9.66. The standard InChI is InChI=1S/C23H23F3N4O3/c1-21(2,20(31)32)13-33-18-12-27-16(10-28-18)14-4-6-15(7-5-14)19-29-11-17(30-19)22(8-3-9-22)23(24,25)26/h4-7,10-12H,3,8-9,13H2,1-2H3,(H,29,30)(H,31,32). The Morgan fingerprint density at radius 3 is 2.24 bits per heavy atom. The maximum absolute atomic E-state index is 13.6. The van der Waals surface area contributed by atoms with E-state index in [1.807, 2.05) is 0 Å². The minimum atomic E-state index is -4.31. The summed E-state index contributed by atoms with van der Waals surface area (Å²) in [5.41, 5.74) is -0.797. The Balaban J connectivity index is 1.46. The molecular formula is C23H23F3N4O3. The number of carbonyl (C=O) groups is 1. The summed E-state index contributed by atoms with van der Waals surface area (Å²) in [5, 5.41) is 9.14. The molecule has 0 aliphatic heterocycles. The van der Waals surface area contributed by atoms with Gasteiger partial charge in [-0.05, 0) is 26.7 Å². The zero-order chi connectivity index (χ0) is 23.9. The van der Waals surface area contributed by atoms with E-state index in [9.17, 15) is 18.0 Å². The van der Waals surface area contributed by atoms with Crippen LogP contribution in [0, 0.1) is 5.41 Å². The molecule has 1 aromatic carbocycles. The Morgan fingerprint density at radius 1 is 1.06 bits per heavy atom. The molecule has 0 atom stereocenters. The number of nitrogens with zero attached hydrogens (tertiary/aromatic N) is 3. The van der Waals surface area contributed by atoms with Crippen LogP contribution in [-0.4, -0.2) is 43.8 Å². The lowest BCUT2D eigenvalue weighted by Gasteiger charge is -2.42. The number of hydrogen-bond acceptors (Lipinski definition) is 5. The highest BCUT2D eigenvalue weighted by Gasteiger charge is 2.60. The number of H-pyrrole nitrogens is 1. The summed E-state index contributed by atoms with van der Waals surface area (Å²) < 4.78 is 46.1. The largest absolute Gasteiger partial charge is 0.481 e. The SMILES string of the molecule is CC(C)(COc1cnc(-c2ccc(-c3ncc(C4(C(F)(F)F)CCC4)[nH]3)cc2)cn1)C(=O)O. The number of aromatic amines is 1. The normalized spacial score (nSPS) is 15.7. The minimum absolute atomic E-state index is 0.0498. The first-order valence-corrected chi connectivity index (χ1v) is 10.4. The molecule has 0 unspecified atom stereocenters. The van der Waals surface area contributed by atoms with Crippen molar-refractivity contribution in [1.29, 1.82) is 0 Å². The van der Waals surface area contributed by atoms with E-state index in [1.165, 1.54) is 18.6 Å². The van der Waals surface area contributed by atoms with Gasteiger partial charge in [0.05, 0.1) is 29.2 Å². The summed E-state index contributed by atoms with van der Waals surface area (Å²) in [6, 6.07) is 7.05. The van der Waals surface area contributed by atoms with E-state index in [-0.39, 0.29) is 31.0 Å². The van der Waals surface area contributed by atoms with Crippen molar-refractivity contribution >= 4 is 5.97 Å². The predicted molar refractivity (Wildman–Crippen MR) is 114 cm³/mol. The van der Waals surface area contributed by atoms with Crippen LogP contribution in [0.25, 0.3) is 22.6 Å². The number of aliphatic carboxylic acids is 1. The van der Waals surface area contributed by atoms with Crippen molar-refractivity contribution in [3.8, 4) is 28.5 Å². The molecule has 33 heavy (non-hydrogen) atoms. The number of halogens is 3. The molecule has 0 radical (unpaired) electrons. The van der Waals surface area contributed by atoms with Crippen LogP contribution >= 0.6 is 0 Å². The molecule has 2 aromatic heterocycles. The first-order valence-electron chi connectivity index (χ1n) is 10.4. The molecule has 1 aliphatic carbocycles. The maximum atomic E-state index is 13.6. The lowest BCUT2D eigenvalue weighted by Crippen LogP contribution is -2.48. The predicted octanol–water partition coefficient (Wildman–Crippen LogP) is 5.01. The second kappa shape index (κ2) is 8.17. The van der Waals surface area contributed by atoms with Gasteiger partial charge in [-0.2, -0.15) is 13.2 Å². The molecule has 0 spiro atoms. The van der Waals surface area contributed by atoms with Gasteiger partial charge in [-0.15, -0.1) is 0 Å². The number of rotatable bonds is 7. The van der Waals surface area contributed by atoms with Crippen LogP contribution in [0.15, 0.2) is 42.9 Å². The summed E-state index contributed by atoms with van der Waals surface area (Å²) in [6.45, 7) is 3.05. The fourth-order valence-electron chi connectivity index (χ4n) is 3.60. The van der Waals surface area contributed by atoms with Crippen LogP contribution in [0.5, 0.6) is 5.88 Å². The van der Waals surface area contributed by atoms with Gasteiger partial charge in [0.2, 0.25) is 5.88 Å². The van der Waals surface area contributed by atoms with E-state index in [0.29, 0.717) is 23.5 Å². The Bertz CT molecular complexity index is 1140. The topological polar surface area (TPSA) is 101 Å². The molecule has 0 amide bonds. The summed E-state index contributed by atoms with van der Waals surface area (Å²) in [7, 11) is 0. The second-order valence-corrected chi connectivity index (χ2v) is 8.87. The minimum Gasteiger partial charge on any atom is -0.481 e. The quantitative estimate of drug-likeness (QED) is 0.514. The van der Waals surface area contributed by atoms with Crippen molar-refractivity contribution in [1.82, 2.24) is 19.9 Å². The molecule has 2 heterocycles. The van der Waals surface area contributed by atoms with Gasteiger partial charge in [0, 0.05) is 17.3 Å². The number of carboxylic acids is 1. The molecule has 3 aromatic rings. The van der Waals surface area contributed by atoms with Crippen LogP contribution in [0.3, 0.4) is 0 Å². The summed E-state index contributed by atoms with van der Waals surface area (Å²) in [4.78, 5) is 26.6. The highest BCUT2D eigenvalue weighted by molar-refractivity contribution is 5.73. The highest BCUT2D eigenvalue weighted by Crippen LogP contribution is 2.54. The number of aromatic nitrogens is 4. The number of nitrogens with one attached hydrogen (secondary N) is 1. The van der Waals surface area contributed by atoms with E-state index in [1.54, 1.807) is 38.1 Å². The third kappa shape index (κ3) is 4.29. The first-order chi connectivity index (χ1) is 15.5. The van der Waals surface area contributed by atoms with Crippen LogP contribution in [0.4, 0.5) is 13.2 Å². The maximum Gasteiger partial charge on any atom is 0.399 e. The fourth-order valence-corrected chi connectivity index (χ4v) is 3.60. The number of hydrogen-bond donors (Lipinski definition) is 2. The third-order valence-electron chi connectivity index (χ3n) is 6.08. The van der Waals surface area contributed by atoms with E-state index >= 15 is 0 Å². The molecule has 174 valence electrons. The van der Waals surface area contributed by atoms with Crippen molar-refractivity contribution in [3.05, 3.63) is 48.5 Å². The van der Waals surface area contributed by atoms with Crippen LogP contribution in [0.1, 0.15) is 38.8 Å². The van der Waals surface area contributed by atoms with Gasteiger partial charge >= 0.3 is 12.1 Å². The van der Waals surface area contributed by atoms with Gasteiger partial charge in [0.1, 0.15) is 17.8 Å². The van der Waals surface area contributed by atoms with Gasteiger partial charge in [-0.3, -0.25) is 4.79 Å². The van der Waals surface area contributed by atoms with E-state index in [4.69, 9.17) is 9.84 Å². The van der Waals surface area contributed by atoms with Crippen molar-refractivity contribution in [2.45, 2.75) is 44.7 Å². The zero-order valence-electron chi connectivity index (χ0n) is 18.1. The number of alkyl halides is 3. The molecule has 1 aliphatic rings. The Kier molecular flexibility index (Phi) is 5.63. The fraction of sp³-hybridized carbons (Fsp3) is 0.391. The molecule has 1 saturated carbocycles. The molecule has 0 bridgehead atoms. The molecular weight excluding hydrogens is 437 g/mol. The van der Waals surface area contributed by atoms with Gasteiger partial charge < -0.3 is 14.8 Å². The summed E-state index contributed by atoms with van der Waals surface area (Å²) >= 11 is 0. The van der Waals surface area contributed by atoms with Crippen molar-refractivity contribution < 1.29 is 27.8 Å². The average Bonchev–Trinajstić information content (AvgIpc) is 3.21. The van der Waals surface area contributed by atoms with Crippen LogP contribution < -0.4 is 4.74 Å². The molecule has 1 fully saturated rings. The summed E-state index contributed by atoms with van der Waals surface area (Å²) in [5.74, 6) is -0.387. The number of benzene rings is 1. The van der Waals surface area contributed by atoms with Crippen molar-refractivity contribution in [3.63, 3.8) is 0 Å². The molecule has 7 nitrogen and oxygen atoms in total. The van der Waals surface area contributed by atoms with Crippen LogP contribution in [-0.2, 0) is 10.2 Å². The third-order valence-corrected chi connectivity index (χ3v) is 6.08.